The van der Waals surface area contributed by atoms with E-state index in [4.69, 9.17) is 4.74 Å². The summed E-state index contributed by atoms with van der Waals surface area (Å²) in [7, 11) is 1.54. The van der Waals surface area contributed by atoms with Crippen LogP contribution in [0.1, 0.15) is 52.1 Å². The molecule has 3 N–H and O–H groups in total. The van der Waals surface area contributed by atoms with E-state index in [0.717, 1.165) is 23.4 Å². The molecule has 2 heterocycles. The van der Waals surface area contributed by atoms with Crippen molar-refractivity contribution in [1.82, 2.24) is 25.3 Å². The molecule has 3 rings (SSSR count). The zero-order chi connectivity index (χ0) is 25.8. The van der Waals surface area contributed by atoms with Crippen LogP contribution in [0.3, 0.4) is 0 Å². The van der Waals surface area contributed by atoms with Gasteiger partial charge in [0, 0.05) is 26.2 Å². The Morgan fingerprint density at radius 2 is 1.89 bits per heavy atom. The van der Waals surface area contributed by atoms with Crippen molar-refractivity contribution in [1.29, 1.82) is 0 Å². The van der Waals surface area contributed by atoms with Crippen LogP contribution in [0.15, 0.2) is 36.5 Å². The molecule has 3 atom stereocenters. The van der Waals surface area contributed by atoms with Gasteiger partial charge in [0.15, 0.2) is 0 Å². The Balaban J connectivity index is 1.80. The Morgan fingerprint density at radius 1 is 1.20 bits per heavy atom. The zero-order valence-electron chi connectivity index (χ0n) is 20.9. The summed E-state index contributed by atoms with van der Waals surface area (Å²) in [5.74, 6) is -0.687. The molecule has 1 saturated heterocycles. The molecule has 1 fully saturated rings. The Labute approximate surface area is 205 Å². The number of aliphatic hydroxyl groups excluding tert-OH is 1. The van der Waals surface area contributed by atoms with Gasteiger partial charge in [0.25, 0.3) is 0 Å². The Bertz CT molecular complexity index is 1040. The second-order valence-corrected chi connectivity index (χ2v) is 9.63. The minimum Gasteiger partial charge on any atom is -0.444 e. The molecule has 3 amide bonds. The Hall–Kier alpha value is -3.40. The largest absolute Gasteiger partial charge is 0.444 e. The molecule has 2 aromatic rings. The predicted octanol–water partition coefficient (Wildman–Crippen LogP) is 2.23. The number of nitrogens with one attached hydrogen (secondary N) is 2. The fourth-order valence-electron chi connectivity index (χ4n) is 4.11. The average molecular weight is 486 g/mol. The minimum atomic E-state index is -0.898. The molecule has 10 nitrogen and oxygen atoms in total. The number of carbonyl (C=O) groups excluding carboxylic acids is 3. The molecule has 10 heteroatoms. The molecule has 1 aromatic carbocycles. The predicted molar refractivity (Wildman–Crippen MR) is 130 cm³/mol. The highest BCUT2D eigenvalue weighted by atomic mass is 16.6. The van der Waals surface area contributed by atoms with Crippen LogP contribution < -0.4 is 10.6 Å². The lowest BCUT2D eigenvalue weighted by atomic mass is 10.00. The van der Waals surface area contributed by atoms with Crippen molar-refractivity contribution < 1.29 is 24.2 Å². The van der Waals surface area contributed by atoms with E-state index in [2.05, 4.69) is 15.7 Å². The maximum absolute atomic E-state index is 13.2. The van der Waals surface area contributed by atoms with E-state index in [1.807, 2.05) is 41.9 Å². The first kappa shape index (κ1) is 26.2. The number of rotatable bonds is 7. The molecule has 1 aromatic heterocycles. The number of β-amino-alcohol motifs (C(OH)–C–C–N with tert-alkyl or cyclic N) is 1. The summed E-state index contributed by atoms with van der Waals surface area (Å²) in [5, 5.41) is 20.0. The first-order valence-electron chi connectivity index (χ1n) is 11.8. The first-order chi connectivity index (χ1) is 16.5. The minimum absolute atomic E-state index is 0.00687. The van der Waals surface area contributed by atoms with E-state index in [-0.39, 0.29) is 25.3 Å². The molecule has 190 valence electrons. The maximum atomic E-state index is 13.2. The fraction of sp³-hybridized carbons (Fsp3) is 0.520. The van der Waals surface area contributed by atoms with Gasteiger partial charge in [0.05, 0.1) is 30.8 Å². The maximum Gasteiger partial charge on any atom is 0.411 e. The number of carbonyl (C=O) groups is 3. The van der Waals surface area contributed by atoms with Crippen LogP contribution in [-0.4, -0.2) is 69.0 Å². The van der Waals surface area contributed by atoms with Crippen LogP contribution >= 0.6 is 0 Å². The lowest BCUT2D eigenvalue weighted by Gasteiger charge is -2.29. The lowest BCUT2D eigenvalue weighted by Crippen LogP contribution is -2.48. The quantitative estimate of drug-likeness (QED) is 0.552. The van der Waals surface area contributed by atoms with Crippen LogP contribution in [0.4, 0.5) is 4.79 Å². The summed E-state index contributed by atoms with van der Waals surface area (Å²) in [5.41, 5.74) is 1.95. The highest BCUT2D eigenvalue weighted by Crippen LogP contribution is 2.26. The molecule has 1 aliphatic rings. The van der Waals surface area contributed by atoms with Crippen molar-refractivity contribution >= 4 is 17.9 Å². The number of aliphatic hydroxyl groups is 1. The van der Waals surface area contributed by atoms with Crippen LogP contribution in [0, 0.1) is 0 Å². The zero-order valence-corrected chi connectivity index (χ0v) is 20.9. The van der Waals surface area contributed by atoms with Crippen molar-refractivity contribution in [3.63, 3.8) is 0 Å². The number of aryl methyl sites for hydroxylation is 1. The van der Waals surface area contributed by atoms with Gasteiger partial charge in [-0.15, -0.1) is 0 Å². The number of ether oxygens (including phenoxy) is 1. The summed E-state index contributed by atoms with van der Waals surface area (Å²) in [6, 6.07) is 7.99. The van der Waals surface area contributed by atoms with Gasteiger partial charge in [-0.05, 0) is 44.9 Å². The third kappa shape index (κ3) is 6.60. The summed E-state index contributed by atoms with van der Waals surface area (Å²) in [4.78, 5) is 39.4. The number of hydrogen-bond donors (Lipinski definition) is 3. The summed E-state index contributed by atoms with van der Waals surface area (Å²) in [6.07, 6.45) is 0.370. The number of aromatic nitrogens is 2. The molecule has 0 unspecified atom stereocenters. The molecule has 35 heavy (non-hydrogen) atoms. The van der Waals surface area contributed by atoms with Crippen molar-refractivity contribution in [2.75, 3.05) is 13.6 Å². The molecular formula is C25H35N5O5. The summed E-state index contributed by atoms with van der Waals surface area (Å²) < 4.78 is 7.30. The first-order valence-corrected chi connectivity index (χ1v) is 11.8. The van der Waals surface area contributed by atoms with Crippen LogP contribution in [0.25, 0.3) is 11.3 Å². The van der Waals surface area contributed by atoms with Crippen molar-refractivity contribution in [2.24, 2.45) is 0 Å². The number of likely N-dealkylation sites (tertiary alicyclic amines) is 1. The van der Waals surface area contributed by atoms with Crippen LogP contribution in [0.5, 0.6) is 0 Å². The third-order valence-electron chi connectivity index (χ3n) is 5.82. The summed E-state index contributed by atoms with van der Waals surface area (Å²) >= 11 is 0. The third-order valence-corrected chi connectivity index (χ3v) is 5.82. The molecule has 0 spiro atoms. The van der Waals surface area contributed by atoms with Gasteiger partial charge in [0.1, 0.15) is 11.6 Å². The van der Waals surface area contributed by atoms with Crippen LogP contribution in [0.2, 0.25) is 0 Å². The number of amides is 3. The van der Waals surface area contributed by atoms with Crippen molar-refractivity contribution in [2.45, 2.75) is 70.9 Å². The van der Waals surface area contributed by atoms with Crippen molar-refractivity contribution in [3.05, 3.63) is 42.1 Å². The molecule has 0 bridgehead atoms. The van der Waals surface area contributed by atoms with Gasteiger partial charge >= 0.3 is 6.09 Å². The van der Waals surface area contributed by atoms with E-state index in [1.54, 1.807) is 27.0 Å². The molecule has 0 aliphatic carbocycles. The average Bonchev–Trinajstić information content (AvgIpc) is 3.44. The van der Waals surface area contributed by atoms with Crippen LogP contribution in [-0.2, 0) is 20.9 Å². The van der Waals surface area contributed by atoms with E-state index < -0.39 is 35.8 Å². The topological polar surface area (TPSA) is 126 Å². The summed E-state index contributed by atoms with van der Waals surface area (Å²) in [6.45, 7) is 7.98. The Morgan fingerprint density at radius 3 is 2.49 bits per heavy atom. The number of nitrogens with zero attached hydrogens (tertiary/aromatic N) is 3. The Kier molecular flexibility index (Phi) is 8.16. The lowest BCUT2D eigenvalue weighted by molar-refractivity contribution is -0.127. The monoisotopic (exact) mass is 485 g/mol. The SMILES string of the molecule is CCn1nccc1-c1ccc([C@H](CC(=O)NC)NC(=O)[C@@H]2C[C@@H](O)CN2C(=O)OC(C)(C)C)cc1. The van der Waals surface area contributed by atoms with Gasteiger partial charge < -0.3 is 20.5 Å². The molecule has 0 radical (unpaired) electrons. The van der Waals surface area contributed by atoms with Gasteiger partial charge in [-0.3, -0.25) is 19.2 Å². The second kappa shape index (κ2) is 10.9. The standard InChI is InChI=1S/C25H35N5O5/c1-6-30-20(11-12-27-30)17-9-7-16(8-10-17)19(14-22(32)26-5)28-23(33)21-13-18(31)15-29(21)24(34)35-25(2,3)4/h7-12,18-19,21,31H,6,13-15H2,1-5H3,(H,26,32)(H,28,33)/t18-,19+,21+/m1/s1. The molecule has 1 aliphatic heterocycles. The van der Waals surface area contributed by atoms with E-state index in [9.17, 15) is 19.5 Å². The smallest absolute Gasteiger partial charge is 0.411 e. The second-order valence-electron chi connectivity index (χ2n) is 9.63. The van der Waals surface area contributed by atoms with Gasteiger partial charge in [-0.1, -0.05) is 24.3 Å². The van der Waals surface area contributed by atoms with E-state index in [0.29, 0.717) is 0 Å². The van der Waals surface area contributed by atoms with Gasteiger partial charge in [-0.25, -0.2) is 4.79 Å². The van der Waals surface area contributed by atoms with Crippen molar-refractivity contribution in [3.8, 4) is 11.3 Å². The molecule has 0 saturated carbocycles. The highest BCUT2D eigenvalue weighted by Gasteiger charge is 2.41. The highest BCUT2D eigenvalue weighted by molar-refractivity contribution is 5.87. The van der Waals surface area contributed by atoms with Gasteiger partial charge in [-0.2, -0.15) is 5.10 Å². The normalized spacial score (nSPS) is 18.7. The fourth-order valence-corrected chi connectivity index (χ4v) is 4.11. The van der Waals surface area contributed by atoms with E-state index in [1.165, 1.54) is 11.9 Å². The van der Waals surface area contributed by atoms with Gasteiger partial charge in [0.2, 0.25) is 11.8 Å². The number of hydrogen-bond acceptors (Lipinski definition) is 6. The van der Waals surface area contributed by atoms with E-state index >= 15 is 0 Å². The number of benzene rings is 1. The molecular weight excluding hydrogens is 450 g/mol.